The number of para-hydroxylation sites is 1. The second-order valence-corrected chi connectivity index (χ2v) is 5.53. The Morgan fingerprint density at radius 3 is 1.34 bits per heavy atom. The minimum Gasteiger partial charge on any atom is -0.480 e. The van der Waals surface area contributed by atoms with Gasteiger partial charge in [0.2, 0.25) is 6.08 Å². The first-order valence-electron chi connectivity index (χ1n) is 8.08. The number of carbonyl (C=O) groups is 4. The van der Waals surface area contributed by atoms with Crippen LogP contribution in [0.4, 0.5) is 5.69 Å². The van der Waals surface area contributed by atoms with Gasteiger partial charge in [0.15, 0.2) is 0 Å². The summed E-state index contributed by atoms with van der Waals surface area (Å²) < 4.78 is 0. The van der Waals surface area contributed by atoms with E-state index in [9.17, 15) is 24.0 Å². The molecule has 0 aliphatic heterocycles. The molecule has 0 fully saturated rings. The number of hydrogen-bond acceptors (Lipinski definition) is 8. The Kier molecular flexibility index (Phi) is 12.7. The van der Waals surface area contributed by atoms with Crippen molar-refractivity contribution in [1.29, 1.82) is 0 Å². The highest BCUT2D eigenvalue weighted by Gasteiger charge is 2.17. The van der Waals surface area contributed by atoms with Crippen LogP contribution in [0.25, 0.3) is 0 Å². The van der Waals surface area contributed by atoms with E-state index in [1.807, 2.05) is 18.2 Å². The molecule has 0 aliphatic carbocycles. The van der Waals surface area contributed by atoms with E-state index in [1.54, 1.807) is 12.1 Å². The van der Waals surface area contributed by atoms with Gasteiger partial charge in [0.25, 0.3) is 0 Å². The largest absolute Gasteiger partial charge is 0.480 e. The zero-order chi connectivity index (χ0) is 22.2. The Morgan fingerprint density at radius 2 is 1.07 bits per heavy atom. The Balaban J connectivity index is 0.000000717. The van der Waals surface area contributed by atoms with Gasteiger partial charge in [0.05, 0.1) is 31.9 Å². The summed E-state index contributed by atoms with van der Waals surface area (Å²) in [5.74, 6) is -4.91. The van der Waals surface area contributed by atoms with Crippen LogP contribution < -0.4 is 0 Å². The van der Waals surface area contributed by atoms with Crippen molar-refractivity contribution in [3.8, 4) is 0 Å². The molecule has 0 bridgehead atoms. The molecule has 1 aromatic rings. The molecule has 0 aromatic heterocycles. The number of carboxylic acids is 4. The van der Waals surface area contributed by atoms with Crippen molar-refractivity contribution in [1.82, 2.24) is 9.80 Å². The topological polar surface area (TPSA) is 185 Å². The molecule has 0 spiro atoms. The smallest absolute Gasteiger partial charge is 0.317 e. The fourth-order valence-electron chi connectivity index (χ4n) is 2.03. The Bertz CT molecular complexity index is 665. The molecule has 0 radical (unpaired) electrons. The number of carbonyl (C=O) groups excluding carboxylic acids is 1. The van der Waals surface area contributed by atoms with Crippen LogP contribution in [0.3, 0.4) is 0 Å². The molecular weight excluding hydrogens is 390 g/mol. The maximum absolute atomic E-state index is 10.6. The standard InChI is InChI=1S/C10H16N2O8.C7H5NO/c13-7(14)3-11(4-8(15)16)1-2-12(5-9(17)18)6-10(19)20;9-6-8-7-4-2-1-3-5-7/h1-6H2,(H,13,14)(H,15,16)(H,17,18)(H,19,20);1-5H. The van der Waals surface area contributed by atoms with Crippen LogP contribution in [0.2, 0.25) is 0 Å². The highest BCUT2D eigenvalue weighted by Crippen LogP contribution is 2.07. The van der Waals surface area contributed by atoms with Crippen molar-refractivity contribution in [2.24, 2.45) is 4.99 Å². The molecule has 158 valence electrons. The van der Waals surface area contributed by atoms with Crippen molar-refractivity contribution in [2.75, 3.05) is 39.3 Å². The van der Waals surface area contributed by atoms with Crippen LogP contribution in [-0.4, -0.2) is 99.5 Å². The Labute approximate surface area is 165 Å². The van der Waals surface area contributed by atoms with E-state index in [-0.39, 0.29) is 13.1 Å². The van der Waals surface area contributed by atoms with E-state index in [4.69, 9.17) is 20.4 Å². The molecule has 0 unspecified atom stereocenters. The molecule has 0 saturated carbocycles. The number of aliphatic imine (C=N–C) groups is 1. The van der Waals surface area contributed by atoms with Crippen molar-refractivity contribution in [3.63, 3.8) is 0 Å². The maximum Gasteiger partial charge on any atom is 0.317 e. The van der Waals surface area contributed by atoms with Crippen LogP contribution in [0, 0.1) is 0 Å². The summed E-state index contributed by atoms with van der Waals surface area (Å²) in [6.45, 7) is -2.25. The number of nitrogens with zero attached hydrogens (tertiary/aromatic N) is 3. The first-order valence-corrected chi connectivity index (χ1v) is 8.08. The van der Waals surface area contributed by atoms with Crippen LogP contribution >= 0.6 is 0 Å². The number of isocyanates is 1. The Morgan fingerprint density at radius 1 is 0.724 bits per heavy atom. The van der Waals surface area contributed by atoms with Crippen LogP contribution in [0.15, 0.2) is 35.3 Å². The van der Waals surface area contributed by atoms with Crippen molar-refractivity contribution < 1.29 is 44.4 Å². The van der Waals surface area contributed by atoms with Crippen molar-refractivity contribution in [3.05, 3.63) is 30.3 Å². The lowest BCUT2D eigenvalue weighted by Crippen LogP contribution is -2.43. The molecule has 1 aromatic carbocycles. The van der Waals surface area contributed by atoms with Gasteiger partial charge in [-0.3, -0.25) is 29.0 Å². The van der Waals surface area contributed by atoms with Gasteiger partial charge in [-0.1, -0.05) is 18.2 Å². The lowest BCUT2D eigenvalue weighted by atomic mass is 10.3. The van der Waals surface area contributed by atoms with Gasteiger partial charge in [-0.15, -0.1) is 0 Å². The van der Waals surface area contributed by atoms with Crippen LogP contribution in [0.1, 0.15) is 0 Å². The molecule has 0 amide bonds. The van der Waals surface area contributed by atoms with E-state index in [1.165, 1.54) is 6.08 Å². The quantitative estimate of drug-likeness (QED) is 0.259. The number of aliphatic carboxylic acids is 4. The Hall–Kier alpha value is -3.60. The van der Waals surface area contributed by atoms with Crippen molar-refractivity contribution in [2.45, 2.75) is 0 Å². The molecule has 12 nitrogen and oxygen atoms in total. The molecule has 4 N–H and O–H groups in total. The number of rotatable bonds is 12. The monoisotopic (exact) mass is 411 g/mol. The minimum absolute atomic E-state index is 0.0703. The van der Waals surface area contributed by atoms with Gasteiger partial charge < -0.3 is 20.4 Å². The average molecular weight is 411 g/mol. The summed E-state index contributed by atoms with van der Waals surface area (Å²) in [5.41, 5.74) is 0.646. The van der Waals surface area contributed by atoms with Gasteiger partial charge in [0, 0.05) is 13.1 Å². The summed E-state index contributed by atoms with van der Waals surface area (Å²) in [7, 11) is 0. The first-order chi connectivity index (χ1) is 13.6. The highest BCUT2D eigenvalue weighted by atomic mass is 16.4. The summed E-state index contributed by atoms with van der Waals surface area (Å²) in [6.07, 6.45) is 1.46. The number of hydrogen-bond donors (Lipinski definition) is 4. The molecule has 0 heterocycles. The van der Waals surface area contributed by atoms with E-state index in [2.05, 4.69) is 4.99 Å². The summed E-state index contributed by atoms with van der Waals surface area (Å²) in [6, 6.07) is 8.98. The van der Waals surface area contributed by atoms with Crippen LogP contribution in [0.5, 0.6) is 0 Å². The fraction of sp³-hybridized carbons (Fsp3) is 0.353. The molecule has 0 aliphatic rings. The summed E-state index contributed by atoms with van der Waals surface area (Å²) in [5, 5.41) is 34.5. The molecule has 12 heteroatoms. The predicted molar refractivity (Wildman–Crippen MR) is 97.6 cm³/mol. The molecule has 1 rings (SSSR count). The number of benzene rings is 1. The molecule has 0 saturated heterocycles. The molecular formula is C17H21N3O9. The lowest BCUT2D eigenvalue weighted by molar-refractivity contribution is -0.145. The molecule has 0 atom stereocenters. The van der Waals surface area contributed by atoms with E-state index >= 15 is 0 Å². The van der Waals surface area contributed by atoms with E-state index in [0.29, 0.717) is 5.69 Å². The third-order valence-electron chi connectivity index (χ3n) is 3.10. The first kappa shape index (κ1) is 25.4. The van der Waals surface area contributed by atoms with Crippen molar-refractivity contribution >= 4 is 35.6 Å². The van der Waals surface area contributed by atoms with Gasteiger partial charge in [-0.25, -0.2) is 4.79 Å². The van der Waals surface area contributed by atoms with Gasteiger partial charge in [-0.05, 0) is 12.1 Å². The fourth-order valence-corrected chi connectivity index (χ4v) is 2.03. The number of carboxylic acid groups (broad SMARTS) is 4. The second kappa shape index (κ2) is 14.5. The normalized spacial score (nSPS) is 9.86. The van der Waals surface area contributed by atoms with Gasteiger partial charge in [-0.2, -0.15) is 4.99 Å². The second-order valence-electron chi connectivity index (χ2n) is 5.53. The van der Waals surface area contributed by atoms with E-state index < -0.39 is 50.1 Å². The summed E-state index contributed by atoms with van der Waals surface area (Å²) >= 11 is 0. The lowest BCUT2D eigenvalue weighted by Gasteiger charge is -2.23. The highest BCUT2D eigenvalue weighted by molar-refractivity contribution is 5.73. The van der Waals surface area contributed by atoms with Crippen LogP contribution in [-0.2, 0) is 24.0 Å². The van der Waals surface area contributed by atoms with E-state index in [0.717, 1.165) is 9.80 Å². The summed E-state index contributed by atoms with van der Waals surface area (Å²) in [4.78, 5) is 57.4. The third-order valence-corrected chi connectivity index (χ3v) is 3.10. The predicted octanol–water partition coefficient (Wildman–Crippen LogP) is -0.417. The van der Waals surface area contributed by atoms with Gasteiger partial charge >= 0.3 is 23.9 Å². The average Bonchev–Trinajstić information content (AvgIpc) is 2.59. The zero-order valence-corrected chi connectivity index (χ0v) is 15.3. The maximum atomic E-state index is 10.6. The molecule has 29 heavy (non-hydrogen) atoms. The minimum atomic E-state index is -1.23. The van der Waals surface area contributed by atoms with Gasteiger partial charge in [0.1, 0.15) is 0 Å². The third kappa shape index (κ3) is 15.2. The zero-order valence-electron chi connectivity index (χ0n) is 15.3. The SMILES string of the molecule is O=C(O)CN(CCN(CC(=O)O)CC(=O)O)CC(=O)O.O=C=Nc1ccccc1.